The van der Waals surface area contributed by atoms with Crippen LogP contribution in [0.4, 0.5) is 0 Å². The molecule has 2 heterocycles. The summed E-state index contributed by atoms with van der Waals surface area (Å²) in [5, 5.41) is 7.14. The third-order valence-corrected chi connectivity index (χ3v) is 6.21. The van der Waals surface area contributed by atoms with Crippen molar-refractivity contribution >= 4 is 15.7 Å². The highest BCUT2D eigenvalue weighted by Crippen LogP contribution is 2.21. The number of hydrogen-bond acceptors (Lipinski definition) is 7. The maximum atomic E-state index is 12.6. The van der Waals surface area contributed by atoms with Gasteiger partial charge in [-0.2, -0.15) is 4.98 Å². The number of carbonyl (C=O) groups excluding carboxylic acids is 1. The van der Waals surface area contributed by atoms with Crippen molar-refractivity contribution in [3.63, 3.8) is 0 Å². The predicted octanol–water partition coefficient (Wildman–Crippen LogP) is 1.05. The second-order valence-corrected chi connectivity index (χ2v) is 10.1. The number of nitrogens with zero attached hydrogens (tertiary/aromatic N) is 3. The van der Waals surface area contributed by atoms with Gasteiger partial charge in [-0.15, -0.1) is 0 Å². The molecule has 3 atom stereocenters. The maximum Gasteiger partial charge on any atom is 0.243 e. The minimum atomic E-state index is -3.02. The first-order chi connectivity index (χ1) is 11.4. The Labute approximate surface area is 149 Å². The number of likely N-dealkylation sites (N-methyl/N-ethyl adjacent to an activating group) is 1. The first kappa shape index (κ1) is 19.8. The maximum absolute atomic E-state index is 12.6. The number of hydrogen-bond donors (Lipinski definition) is 1. The predicted molar refractivity (Wildman–Crippen MR) is 93.8 cm³/mol. The number of sulfone groups is 1. The van der Waals surface area contributed by atoms with E-state index < -0.39 is 15.9 Å². The van der Waals surface area contributed by atoms with Gasteiger partial charge in [0.15, 0.2) is 15.7 Å². The molecule has 8 nitrogen and oxygen atoms in total. The quantitative estimate of drug-likeness (QED) is 0.823. The highest BCUT2D eigenvalue weighted by Gasteiger charge is 2.34. The minimum Gasteiger partial charge on any atom is -0.340 e. The first-order valence-electron chi connectivity index (χ1n) is 8.48. The van der Waals surface area contributed by atoms with E-state index in [1.807, 2.05) is 27.7 Å². The second-order valence-electron chi connectivity index (χ2n) is 7.82. The van der Waals surface area contributed by atoms with Crippen molar-refractivity contribution in [3.05, 3.63) is 11.7 Å². The van der Waals surface area contributed by atoms with Gasteiger partial charge in [-0.05, 0) is 20.3 Å². The van der Waals surface area contributed by atoms with E-state index in [2.05, 4.69) is 15.5 Å². The highest BCUT2D eigenvalue weighted by atomic mass is 32.2. The van der Waals surface area contributed by atoms with Crippen LogP contribution in [-0.2, 0) is 20.0 Å². The standard InChI is InChI=1S/C16H28N4O4S/c1-10(13-18-15(19-24-13)16(3,4)5)17-11(2)14(21)20(6)12-7-8-25(22,23)9-12/h10-12,17H,7-9H2,1-6H3. The molecule has 0 saturated carbocycles. The number of amides is 1. The Morgan fingerprint density at radius 3 is 2.48 bits per heavy atom. The monoisotopic (exact) mass is 372 g/mol. The molecular weight excluding hydrogens is 344 g/mol. The van der Waals surface area contributed by atoms with Crippen molar-refractivity contribution in [1.82, 2.24) is 20.4 Å². The van der Waals surface area contributed by atoms with E-state index in [1.165, 1.54) is 4.90 Å². The Hall–Kier alpha value is -1.48. The van der Waals surface area contributed by atoms with Crippen molar-refractivity contribution in [2.24, 2.45) is 0 Å². The van der Waals surface area contributed by atoms with Crippen LogP contribution in [0.5, 0.6) is 0 Å². The Bertz CT molecular complexity index is 723. The van der Waals surface area contributed by atoms with Gasteiger partial charge in [0.1, 0.15) is 0 Å². The molecule has 142 valence electrons. The Morgan fingerprint density at radius 2 is 2.00 bits per heavy atom. The first-order valence-corrected chi connectivity index (χ1v) is 10.3. The summed E-state index contributed by atoms with van der Waals surface area (Å²) in [5.41, 5.74) is -0.211. The third kappa shape index (κ3) is 4.78. The molecule has 9 heteroatoms. The molecule has 25 heavy (non-hydrogen) atoms. The Morgan fingerprint density at radius 1 is 1.36 bits per heavy atom. The summed E-state index contributed by atoms with van der Waals surface area (Å²) < 4.78 is 28.5. The minimum absolute atomic E-state index is 0.0378. The van der Waals surface area contributed by atoms with Gasteiger partial charge in [-0.25, -0.2) is 8.42 Å². The lowest BCUT2D eigenvalue weighted by Crippen LogP contribution is -2.48. The molecule has 1 amide bonds. The Balaban J connectivity index is 1.97. The number of rotatable bonds is 5. The fourth-order valence-corrected chi connectivity index (χ4v) is 4.57. The topological polar surface area (TPSA) is 105 Å². The average Bonchev–Trinajstić information content (AvgIpc) is 3.11. The van der Waals surface area contributed by atoms with Gasteiger partial charge >= 0.3 is 0 Å². The number of carbonyl (C=O) groups is 1. The number of aromatic nitrogens is 2. The van der Waals surface area contributed by atoms with Gasteiger partial charge < -0.3 is 9.42 Å². The van der Waals surface area contributed by atoms with Crippen molar-refractivity contribution in [2.75, 3.05) is 18.6 Å². The van der Waals surface area contributed by atoms with Gasteiger partial charge in [-0.1, -0.05) is 25.9 Å². The van der Waals surface area contributed by atoms with Crippen LogP contribution in [0.2, 0.25) is 0 Å². The van der Waals surface area contributed by atoms with Crippen LogP contribution in [-0.4, -0.2) is 60.0 Å². The van der Waals surface area contributed by atoms with Gasteiger partial charge in [0, 0.05) is 18.5 Å². The molecule has 1 saturated heterocycles. The van der Waals surface area contributed by atoms with Crippen molar-refractivity contribution in [3.8, 4) is 0 Å². The van der Waals surface area contributed by atoms with Crippen molar-refractivity contribution < 1.29 is 17.7 Å². The van der Waals surface area contributed by atoms with E-state index >= 15 is 0 Å². The lowest BCUT2D eigenvalue weighted by Gasteiger charge is -2.27. The van der Waals surface area contributed by atoms with Gasteiger partial charge in [0.2, 0.25) is 11.8 Å². The van der Waals surface area contributed by atoms with Crippen LogP contribution in [0.15, 0.2) is 4.52 Å². The van der Waals surface area contributed by atoms with Crippen molar-refractivity contribution in [2.45, 2.75) is 64.6 Å². The summed E-state index contributed by atoms with van der Waals surface area (Å²) in [6.45, 7) is 9.59. The van der Waals surface area contributed by atoms with E-state index in [1.54, 1.807) is 14.0 Å². The van der Waals surface area contributed by atoms with E-state index in [0.717, 1.165) is 0 Å². The largest absolute Gasteiger partial charge is 0.340 e. The van der Waals surface area contributed by atoms with Gasteiger partial charge in [-0.3, -0.25) is 10.1 Å². The van der Waals surface area contributed by atoms with Crippen LogP contribution >= 0.6 is 0 Å². The van der Waals surface area contributed by atoms with E-state index in [-0.39, 0.29) is 34.9 Å². The van der Waals surface area contributed by atoms with Crippen LogP contribution in [0.3, 0.4) is 0 Å². The van der Waals surface area contributed by atoms with Gasteiger partial charge in [0.05, 0.1) is 23.6 Å². The van der Waals surface area contributed by atoms with Gasteiger partial charge in [0.25, 0.3) is 0 Å². The van der Waals surface area contributed by atoms with Crippen LogP contribution < -0.4 is 5.32 Å². The number of nitrogens with one attached hydrogen (secondary N) is 1. The molecule has 0 radical (unpaired) electrons. The van der Waals surface area contributed by atoms with Crippen molar-refractivity contribution in [1.29, 1.82) is 0 Å². The zero-order valence-corrected chi connectivity index (χ0v) is 16.6. The molecule has 1 aromatic rings. The summed E-state index contributed by atoms with van der Waals surface area (Å²) in [4.78, 5) is 18.5. The summed E-state index contributed by atoms with van der Waals surface area (Å²) in [7, 11) is -1.37. The smallest absolute Gasteiger partial charge is 0.243 e. The lowest BCUT2D eigenvalue weighted by molar-refractivity contribution is -0.133. The van der Waals surface area contributed by atoms with Crippen LogP contribution in [0, 0.1) is 0 Å². The fourth-order valence-electron chi connectivity index (χ4n) is 2.80. The molecule has 3 unspecified atom stereocenters. The molecule has 1 aromatic heterocycles. The summed E-state index contributed by atoms with van der Waals surface area (Å²) in [5.74, 6) is 1.07. The second kappa shape index (κ2) is 7.03. The zero-order chi connectivity index (χ0) is 19.0. The summed E-state index contributed by atoms with van der Waals surface area (Å²) in [6.07, 6.45) is 0.492. The van der Waals surface area contributed by atoms with E-state index in [4.69, 9.17) is 4.52 Å². The molecule has 0 aromatic carbocycles. The fraction of sp³-hybridized carbons (Fsp3) is 0.812. The summed E-state index contributed by atoms with van der Waals surface area (Å²) >= 11 is 0. The summed E-state index contributed by atoms with van der Waals surface area (Å²) in [6, 6.07) is -1.04. The molecular formula is C16H28N4O4S. The average molecular weight is 372 g/mol. The molecule has 1 aliphatic heterocycles. The van der Waals surface area contributed by atoms with Crippen LogP contribution in [0.25, 0.3) is 0 Å². The Kier molecular flexibility index (Phi) is 5.58. The van der Waals surface area contributed by atoms with Crippen LogP contribution in [0.1, 0.15) is 58.8 Å². The molecule has 1 aliphatic rings. The molecule has 1 fully saturated rings. The van der Waals surface area contributed by atoms with E-state index in [9.17, 15) is 13.2 Å². The molecule has 1 N–H and O–H groups in total. The highest BCUT2D eigenvalue weighted by molar-refractivity contribution is 7.91. The molecule has 2 rings (SSSR count). The molecule has 0 spiro atoms. The third-order valence-electron chi connectivity index (χ3n) is 4.46. The SMILES string of the molecule is CC(NC(C)c1nc(C(C)(C)C)no1)C(=O)N(C)C1CCS(=O)(=O)C1. The molecule has 0 bridgehead atoms. The normalized spacial score (nSPS) is 22.6. The molecule has 0 aliphatic carbocycles. The zero-order valence-electron chi connectivity index (χ0n) is 15.7. The van der Waals surface area contributed by atoms with E-state index in [0.29, 0.717) is 18.1 Å². The lowest BCUT2D eigenvalue weighted by atomic mass is 9.96.